The number of anilines is 1. The summed E-state index contributed by atoms with van der Waals surface area (Å²) < 4.78 is 39.5. The first-order valence-corrected chi connectivity index (χ1v) is 13.5. The Bertz CT molecular complexity index is 1480. The van der Waals surface area contributed by atoms with Gasteiger partial charge in [-0.05, 0) is 60.6 Å². The number of carbonyl (C=O) groups is 2. The fourth-order valence-electron chi connectivity index (χ4n) is 5.38. The van der Waals surface area contributed by atoms with Crippen LogP contribution >= 0.6 is 0 Å². The van der Waals surface area contributed by atoms with Crippen LogP contribution in [0.25, 0.3) is 22.0 Å². The molecule has 7 nitrogen and oxygen atoms in total. The van der Waals surface area contributed by atoms with E-state index in [0.717, 1.165) is 22.2 Å². The molecule has 0 saturated carbocycles. The highest BCUT2D eigenvalue weighted by Gasteiger charge is 2.35. The van der Waals surface area contributed by atoms with Gasteiger partial charge in [0.1, 0.15) is 15.7 Å². The molecule has 1 amide bonds. The molecule has 3 aromatic rings. The number of halogens is 1. The quantitative estimate of drug-likeness (QED) is 0.563. The molecule has 0 unspecified atom stereocenters. The van der Waals surface area contributed by atoms with Gasteiger partial charge < -0.3 is 11.1 Å². The van der Waals surface area contributed by atoms with Crippen LogP contribution in [0, 0.1) is 11.2 Å². The summed E-state index contributed by atoms with van der Waals surface area (Å²) in [4.78, 5) is 25.3. The third-order valence-corrected chi connectivity index (χ3v) is 8.76. The summed E-state index contributed by atoms with van der Waals surface area (Å²) in [6.45, 7) is 4.08. The molecule has 5 rings (SSSR count). The van der Waals surface area contributed by atoms with E-state index in [0.29, 0.717) is 42.5 Å². The van der Waals surface area contributed by atoms with Crippen LogP contribution < -0.4 is 11.1 Å². The Labute approximate surface area is 203 Å². The minimum atomic E-state index is -3.03. The predicted octanol–water partition coefficient (Wildman–Crippen LogP) is 4.15. The Hall–Kier alpha value is -3.20. The smallest absolute Gasteiger partial charge is 0.250 e. The van der Waals surface area contributed by atoms with Crippen molar-refractivity contribution in [1.82, 2.24) is 4.57 Å². The van der Waals surface area contributed by atoms with Crippen molar-refractivity contribution in [1.29, 1.82) is 0 Å². The van der Waals surface area contributed by atoms with Gasteiger partial charge in [-0.1, -0.05) is 19.9 Å². The second kappa shape index (κ2) is 8.19. The molecular weight excluding hydrogens is 469 g/mol. The van der Waals surface area contributed by atoms with Crippen LogP contribution in [-0.2, 0) is 16.3 Å². The van der Waals surface area contributed by atoms with Crippen LogP contribution in [0.2, 0.25) is 0 Å². The lowest BCUT2D eigenvalue weighted by Crippen LogP contribution is -2.33. The first kappa shape index (κ1) is 23.5. The second-order valence-corrected chi connectivity index (χ2v) is 12.7. The highest BCUT2D eigenvalue weighted by Crippen LogP contribution is 2.43. The van der Waals surface area contributed by atoms with E-state index in [1.54, 1.807) is 22.8 Å². The van der Waals surface area contributed by atoms with Crippen LogP contribution in [0.15, 0.2) is 36.4 Å². The van der Waals surface area contributed by atoms with E-state index in [1.165, 1.54) is 12.1 Å². The molecule has 0 aliphatic carbocycles. The maximum absolute atomic E-state index is 14.2. The number of nitrogens with one attached hydrogen (secondary N) is 1. The summed E-state index contributed by atoms with van der Waals surface area (Å²) in [5.74, 6) is -0.897. The number of sulfone groups is 1. The average molecular weight is 498 g/mol. The fraction of sp³-hybridized carbons (Fsp3) is 0.385. The number of hydrogen-bond donors (Lipinski definition) is 2. The highest BCUT2D eigenvalue weighted by molar-refractivity contribution is 7.91. The zero-order valence-corrected chi connectivity index (χ0v) is 20.5. The summed E-state index contributed by atoms with van der Waals surface area (Å²) >= 11 is 0. The zero-order valence-electron chi connectivity index (χ0n) is 19.7. The van der Waals surface area contributed by atoms with Gasteiger partial charge in [-0.3, -0.25) is 14.2 Å². The molecule has 35 heavy (non-hydrogen) atoms. The van der Waals surface area contributed by atoms with Crippen molar-refractivity contribution >= 4 is 38.2 Å². The number of nitrogens with two attached hydrogens (primary N) is 1. The minimum absolute atomic E-state index is 0.0754. The van der Waals surface area contributed by atoms with Crippen molar-refractivity contribution in [3.05, 3.63) is 53.5 Å². The Kier molecular flexibility index (Phi) is 5.51. The van der Waals surface area contributed by atoms with E-state index in [4.69, 9.17) is 5.73 Å². The summed E-state index contributed by atoms with van der Waals surface area (Å²) in [7, 11) is -3.03. The first-order valence-electron chi connectivity index (χ1n) is 11.7. The molecule has 1 saturated heterocycles. The number of hydrogen-bond acceptors (Lipinski definition) is 5. The van der Waals surface area contributed by atoms with Crippen LogP contribution in [0.1, 0.15) is 54.0 Å². The maximum Gasteiger partial charge on any atom is 0.250 e. The monoisotopic (exact) mass is 497 g/mol. The number of amides is 1. The zero-order chi connectivity index (χ0) is 25.1. The lowest BCUT2D eigenvalue weighted by atomic mass is 9.80. The molecule has 9 heteroatoms. The third kappa shape index (κ3) is 4.33. The van der Waals surface area contributed by atoms with Gasteiger partial charge in [0, 0.05) is 34.8 Å². The van der Waals surface area contributed by atoms with Gasteiger partial charge in [-0.25, -0.2) is 12.8 Å². The SMILES string of the molecule is CC1(C)CC(=O)n2c(c(-c3ccc(C(N)=O)c(NC4CCS(=O)(=O)CC4)c3)c3ccc(F)cc32)C1. The molecule has 1 aromatic heterocycles. The van der Waals surface area contributed by atoms with Gasteiger partial charge in [0.25, 0.3) is 5.91 Å². The van der Waals surface area contributed by atoms with E-state index < -0.39 is 21.6 Å². The van der Waals surface area contributed by atoms with Gasteiger partial charge >= 0.3 is 0 Å². The third-order valence-electron chi connectivity index (χ3n) is 7.04. The first-order chi connectivity index (χ1) is 16.4. The second-order valence-electron chi connectivity index (χ2n) is 10.4. The van der Waals surface area contributed by atoms with Crippen molar-refractivity contribution in [2.45, 2.75) is 45.6 Å². The average Bonchev–Trinajstić information content (AvgIpc) is 3.07. The van der Waals surface area contributed by atoms with E-state index in [1.807, 2.05) is 19.9 Å². The molecule has 3 heterocycles. The Balaban J connectivity index is 1.66. The predicted molar refractivity (Wildman–Crippen MR) is 134 cm³/mol. The van der Waals surface area contributed by atoms with Gasteiger partial charge in [-0.2, -0.15) is 0 Å². The maximum atomic E-state index is 14.2. The number of benzene rings is 2. The largest absolute Gasteiger partial charge is 0.382 e. The number of nitrogens with zero attached hydrogens (tertiary/aromatic N) is 1. The molecule has 2 aliphatic heterocycles. The van der Waals surface area contributed by atoms with E-state index in [-0.39, 0.29) is 28.9 Å². The summed E-state index contributed by atoms with van der Waals surface area (Å²) in [5.41, 5.74) is 9.16. The lowest BCUT2D eigenvalue weighted by Gasteiger charge is -2.30. The molecule has 3 N–H and O–H groups in total. The topological polar surface area (TPSA) is 111 Å². The minimum Gasteiger partial charge on any atom is -0.382 e. The number of aromatic nitrogens is 1. The van der Waals surface area contributed by atoms with Crippen LogP contribution in [0.4, 0.5) is 10.1 Å². The van der Waals surface area contributed by atoms with Crippen LogP contribution in [0.3, 0.4) is 0 Å². The molecule has 184 valence electrons. The number of fused-ring (bicyclic) bond motifs is 3. The Morgan fingerprint density at radius 3 is 2.51 bits per heavy atom. The van der Waals surface area contributed by atoms with Crippen LogP contribution in [-0.4, -0.2) is 42.3 Å². The van der Waals surface area contributed by atoms with Gasteiger partial charge in [0.2, 0.25) is 5.91 Å². The van der Waals surface area contributed by atoms with Gasteiger partial charge in [0.15, 0.2) is 0 Å². The molecule has 0 atom stereocenters. The van der Waals surface area contributed by atoms with Crippen LogP contribution in [0.5, 0.6) is 0 Å². The number of rotatable bonds is 4. The Morgan fingerprint density at radius 1 is 1.11 bits per heavy atom. The lowest BCUT2D eigenvalue weighted by molar-refractivity contribution is 0.0816. The molecular formula is C26H28FN3O4S. The summed E-state index contributed by atoms with van der Waals surface area (Å²) in [6, 6.07) is 9.61. The van der Waals surface area contributed by atoms with E-state index in [9.17, 15) is 22.4 Å². The van der Waals surface area contributed by atoms with E-state index >= 15 is 0 Å². The Morgan fingerprint density at radius 2 is 1.83 bits per heavy atom. The summed E-state index contributed by atoms with van der Waals surface area (Å²) in [6.07, 6.45) is 1.87. The van der Waals surface area contributed by atoms with Gasteiger partial charge in [0.05, 0.1) is 22.6 Å². The van der Waals surface area contributed by atoms with Crippen molar-refractivity contribution in [2.75, 3.05) is 16.8 Å². The van der Waals surface area contributed by atoms with Crippen molar-refractivity contribution in [2.24, 2.45) is 11.1 Å². The van der Waals surface area contributed by atoms with Crippen molar-refractivity contribution in [3.63, 3.8) is 0 Å². The molecule has 0 spiro atoms. The van der Waals surface area contributed by atoms with E-state index in [2.05, 4.69) is 5.32 Å². The molecule has 1 fully saturated rings. The molecule has 0 bridgehead atoms. The van der Waals surface area contributed by atoms with Crippen molar-refractivity contribution < 1.29 is 22.4 Å². The standard InChI is InChI=1S/C26H28FN3O4S/c1-26(2)13-22-24(19-6-4-16(27)12-21(19)30(22)23(31)14-26)15-3-5-18(25(28)32)20(11-15)29-17-7-9-35(33,34)10-8-17/h3-6,11-12,17,29H,7-10,13-14H2,1-2H3,(H2,28,32). The molecule has 2 aliphatic rings. The molecule has 2 aromatic carbocycles. The highest BCUT2D eigenvalue weighted by atomic mass is 32.2. The number of carbonyl (C=O) groups excluding carboxylic acids is 2. The van der Waals surface area contributed by atoms with Crippen molar-refractivity contribution in [3.8, 4) is 11.1 Å². The molecule has 0 radical (unpaired) electrons. The normalized spacial score (nSPS) is 19.5. The van der Waals surface area contributed by atoms with Gasteiger partial charge in [-0.15, -0.1) is 0 Å². The summed E-state index contributed by atoms with van der Waals surface area (Å²) in [5, 5.41) is 4.09. The number of primary amides is 1. The fourth-order valence-corrected chi connectivity index (χ4v) is 6.87.